The molecule has 0 radical (unpaired) electrons. The van der Waals surface area contributed by atoms with Crippen molar-refractivity contribution >= 4 is 28.4 Å². The van der Waals surface area contributed by atoms with Crippen molar-refractivity contribution in [2.75, 3.05) is 20.8 Å². The first-order valence-corrected chi connectivity index (χ1v) is 13.0. The van der Waals surface area contributed by atoms with Gasteiger partial charge in [-0.25, -0.2) is 0 Å². The zero-order chi connectivity index (χ0) is 27.7. The van der Waals surface area contributed by atoms with Crippen LogP contribution in [0.25, 0.3) is 16.7 Å². The molecule has 1 aliphatic rings. The van der Waals surface area contributed by atoms with Gasteiger partial charge < -0.3 is 24.5 Å². The summed E-state index contributed by atoms with van der Waals surface area (Å²) in [6, 6.07) is 19.8. The maximum atomic E-state index is 13.4. The van der Waals surface area contributed by atoms with Gasteiger partial charge in [0.05, 0.1) is 25.8 Å². The molecule has 1 fully saturated rings. The average Bonchev–Trinajstić information content (AvgIpc) is 3.48. The quantitative estimate of drug-likeness (QED) is 0.168. The van der Waals surface area contributed by atoms with Gasteiger partial charge in [0.15, 0.2) is 0 Å². The molecule has 1 amide bonds. The molecule has 1 aliphatic heterocycles. The number of ketones is 1. The second kappa shape index (κ2) is 10.7. The molecule has 0 unspecified atom stereocenters. The van der Waals surface area contributed by atoms with Gasteiger partial charge in [-0.15, -0.1) is 0 Å². The highest BCUT2D eigenvalue weighted by molar-refractivity contribution is 6.46. The van der Waals surface area contributed by atoms with Crippen LogP contribution in [0.5, 0.6) is 11.5 Å². The molecule has 5 rings (SSSR count). The Bertz CT molecular complexity index is 1550. The Morgan fingerprint density at radius 3 is 2.26 bits per heavy atom. The summed E-state index contributed by atoms with van der Waals surface area (Å²) in [7, 11) is 3.19. The second-order valence-corrected chi connectivity index (χ2v) is 10.0. The first-order valence-electron chi connectivity index (χ1n) is 13.0. The maximum Gasteiger partial charge on any atom is 0.295 e. The van der Waals surface area contributed by atoms with Gasteiger partial charge in [0, 0.05) is 29.2 Å². The van der Waals surface area contributed by atoms with E-state index in [2.05, 4.69) is 18.8 Å². The van der Waals surface area contributed by atoms with Gasteiger partial charge >= 0.3 is 0 Å². The number of H-pyrrole nitrogens is 1. The number of carbonyl (C=O) groups is 2. The number of aliphatic hydroxyl groups is 1. The predicted molar refractivity (Wildman–Crippen MR) is 151 cm³/mol. The number of ether oxygens (including phenoxy) is 2. The third-order valence-corrected chi connectivity index (χ3v) is 7.42. The molecule has 39 heavy (non-hydrogen) atoms. The number of hydrogen-bond donors (Lipinski definition) is 2. The van der Waals surface area contributed by atoms with Crippen molar-refractivity contribution in [3.63, 3.8) is 0 Å². The summed E-state index contributed by atoms with van der Waals surface area (Å²) in [5.41, 5.74) is 4.43. The van der Waals surface area contributed by atoms with Crippen molar-refractivity contribution in [3.8, 4) is 11.5 Å². The van der Waals surface area contributed by atoms with Crippen molar-refractivity contribution in [2.45, 2.75) is 32.2 Å². The maximum absolute atomic E-state index is 13.4. The van der Waals surface area contributed by atoms with E-state index in [-0.39, 0.29) is 11.3 Å². The number of carbonyl (C=O) groups excluding carboxylic acids is 2. The molecular formula is C32H32N2O5. The first kappa shape index (κ1) is 26.1. The van der Waals surface area contributed by atoms with Crippen LogP contribution < -0.4 is 9.47 Å². The minimum atomic E-state index is -0.715. The fourth-order valence-corrected chi connectivity index (χ4v) is 5.16. The van der Waals surface area contributed by atoms with Gasteiger partial charge in [-0.05, 0) is 71.5 Å². The van der Waals surface area contributed by atoms with Gasteiger partial charge in [-0.2, -0.15) is 0 Å². The number of methoxy groups -OCH3 is 2. The Kier molecular flexibility index (Phi) is 7.15. The molecule has 200 valence electrons. The molecule has 0 saturated carbocycles. The van der Waals surface area contributed by atoms with Crippen LogP contribution in [-0.4, -0.2) is 47.4 Å². The number of fused-ring (bicyclic) bond motifs is 1. The molecule has 1 saturated heterocycles. The third-order valence-electron chi connectivity index (χ3n) is 7.42. The van der Waals surface area contributed by atoms with Crippen molar-refractivity contribution in [1.29, 1.82) is 0 Å². The number of hydrogen-bond acceptors (Lipinski definition) is 5. The normalized spacial score (nSPS) is 16.8. The fraction of sp³-hybridized carbons (Fsp3) is 0.250. The van der Waals surface area contributed by atoms with Crippen LogP contribution in [0.1, 0.15) is 48.1 Å². The Hall–Kier alpha value is -4.52. The highest BCUT2D eigenvalue weighted by Crippen LogP contribution is 2.40. The van der Waals surface area contributed by atoms with Crippen molar-refractivity contribution in [2.24, 2.45) is 0 Å². The number of likely N-dealkylation sites (tertiary alicyclic amines) is 1. The van der Waals surface area contributed by atoms with Gasteiger partial charge in [0.25, 0.3) is 11.7 Å². The Morgan fingerprint density at radius 2 is 1.62 bits per heavy atom. The standard InChI is InChI=1S/C32H32N2O5/c1-19(2)20-5-7-21(8-6-20)29-28(30(35)22-9-11-24(38-3)12-10-22)31(36)32(37)34(29)16-15-23-18-33-27-14-13-25(39-4)17-26(23)27/h5-14,17-19,29,33,35H,15-16H2,1-4H3/t29-/m0/s1. The molecule has 2 N–H and O–H groups in total. The number of aromatic amines is 1. The summed E-state index contributed by atoms with van der Waals surface area (Å²) in [6.45, 7) is 4.52. The van der Waals surface area contributed by atoms with Gasteiger partial charge in [-0.1, -0.05) is 38.1 Å². The topological polar surface area (TPSA) is 91.9 Å². The Labute approximate surface area is 227 Å². The highest BCUT2D eigenvalue weighted by Gasteiger charge is 2.45. The highest BCUT2D eigenvalue weighted by atomic mass is 16.5. The minimum absolute atomic E-state index is 0.0862. The monoisotopic (exact) mass is 524 g/mol. The van der Waals surface area contributed by atoms with E-state index in [4.69, 9.17) is 9.47 Å². The number of amides is 1. The average molecular weight is 525 g/mol. The number of aliphatic hydroxyl groups excluding tert-OH is 1. The van der Waals surface area contributed by atoms with Crippen LogP contribution in [0.4, 0.5) is 0 Å². The number of nitrogens with one attached hydrogen (secondary N) is 1. The SMILES string of the molecule is COc1ccc(C(O)=C2C(=O)C(=O)N(CCc3c[nH]c4ccc(OC)cc34)[C@H]2c2ccc(C(C)C)cc2)cc1. The summed E-state index contributed by atoms with van der Waals surface area (Å²) >= 11 is 0. The van der Waals surface area contributed by atoms with Crippen LogP contribution in [0.15, 0.2) is 78.5 Å². The zero-order valence-electron chi connectivity index (χ0n) is 22.5. The van der Waals surface area contributed by atoms with Crippen LogP contribution in [-0.2, 0) is 16.0 Å². The van der Waals surface area contributed by atoms with Crippen molar-refractivity contribution in [1.82, 2.24) is 9.88 Å². The number of benzene rings is 3. The minimum Gasteiger partial charge on any atom is -0.507 e. The van der Waals surface area contributed by atoms with E-state index < -0.39 is 17.7 Å². The van der Waals surface area contributed by atoms with Crippen LogP contribution >= 0.6 is 0 Å². The molecule has 7 heteroatoms. The van der Waals surface area contributed by atoms with Crippen LogP contribution in [0.2, 0.25) is 0 Å². The van der Waals surface area contributed by atoms with Crippen LogP contribution in [0.3, 0.4) is 0 Å². The lowest BCUT2D eigenvalue weighted by Gasteiger charge is -2.25. The van der Waals surface area contributed by atoms with E-state index in [0.717, 1.165) is 33.3 Å². The Balaban J connectivity index is 1.55. The molecule has 4 aromatic rings. The summed E-state index contributed by atoms with van der Waals surface area (Å²) in [4.78, 5) is 31.7. The van der Waals surface area contributed by atoms with E-state index >= 15 is 0 Å². The second-order valence-electron chi connectivity index (χ2n) is 10.0. The molecule has 2 heterocycles. The van der Waals surface area contributed by atoms with E-state index in [1.165, 1.54) is 0 Å². The molecular weight excluding hydrogens is 492 g/mol. The number of Topliss-reactive ketones (excluding diaryl/α,β-unsaturated/α-hetero) is 1. The lowest BCUT2D eigenvalue weighted by molar-refractivity contribution is -0.139. The Morgan fingerprint density at radius 1 is 0.949 bits per heavy atom. The van der Waals surface area contributed by atoms with Crippen LogP contribution in [0, 0.1) is 0 Å². The summed E-state index contributed by atoms with van der Waals surface area (Å²) in [6.07, 6.45) is 2.44. The molecule has 1 atom stereocenters. The zero-order valence-corrected chi connectivity index (χ0v) is 22.5. The van der Waals surface area contributed by atoms with E-state index in [9.17, 15) is 14.7 Å². The summed E-state index contributed by atoms with van der Waals surface area (Å²) < 4.78 is 10.6. The van der Waals surface area contributed by atoms with E-state index in [1.54, 1.807) is 43.4 Å². The number of nitrogens with zero attached hydrogens (tertiary/aromatic N) is 1. The van der Waals surface area contributed by atoms with Gasteiger partial charge in [0.2, 0.25) is 0 Å². The lowest BCUT2D eigenvalue weighted by Crippen LogP contribution is -2.31. The van der Waals surface area contributed by atoms with E-state index in [1.807, 2.05) is 48.7 Å². The molecule has 0 aliphatic carbocycles. The molecule has 0 bridgehead atoms. The molecule has 7 nitrogen and oxygen atoms in total. The number of aromatic nitrogens is 1. The van der Waals surface area contributed by atoms with E-state index in [0.29, 0.717) is 30.2 Å². The van der Waals surface area contributed by atoms with Gasteiger partial charge in [0.1, 0.15) is 17.3 Å². The smallest absolute Gasteiger partial charge is 0.295 e. The molecule has 0 spiro atoms. The van der Waals surface area contributed by atoms with Crippen molar-refractivity contribution in [3.05, 3.63) is 101 Å². The predicted octanol–water partition coefficient (Wildman–Crippen LogP) is 5.97. The van der Waals surface area contributed by atoms with Crippen molar-refractivity contribution < 1.29 is 24.2 Å². The first-order chi connectivity index (χ1) is 18.8. The molecule has 1 aromatic heterocycles. The fourth-order valence-electron chi connectivity index (χ4n) is 5.16. The molecule has 3 aromatic carbocycles. The number of rotatable bonds is 8. The third kappa shape index (κ3) is 4.88. The largest absolute Gasteiger partial charge is 0.507 e. The lowest BCUT2D eigenvalue weighted by atomic mass is 9.93. The summed E-state index contributed by atoms with van der Waals surface area (Å²) in [5, 5.41) is 12.3. The van der Waals surface area contributed by atoms with Gasteiger partial charge in [-0.3, -0.25) is 9.59 Å². The summed E-state index contributed by atoms with van der Waals surface area (Å²) in [5.74, 6) is 0.191.